The lowest BCUT2D eigenvalue weighted by Crippen LogP contribution is -2.15. The van der Waals surface area contributed by atoms with Gasteiger partial charge >= 0.3 is 0 Å². The normalized spacial score (nSPS) is 11.1. The molecule has 2 aromatic rings. The highest BCUT2D eigenvalue weighted by molar-refractivity contribution is 7.92. The van der Waals surface area contributed by atoms with Crippen LogP contribution in [0.1, 0.15) is 5.56 Å². The molecule has 1 N–H and O–H groups in total. The minimum Gasteiger partial charge on any atom is -0.497 e. The first-order valence-electron chi connectivity index (χ1n) is 6.36. The molecule has 0 atom stereocenters. The Morgan fingerprint density at radius 1 is 1.22 bits per heavy atom. The summed E-state index contributed by atoms with van der Waals surface area (Å²) in [5, 5.41) is 11.1. The molecule has 23 heavy (non-hydrogen) atoms. The number of halogens is 1. The number of hydrogen-bond acceptors (Lipinski definition) is 5. The summed E-state index contributed by atoms with van der Waals surface area (Å²) in [4.78, 5) is 9.67. The van der Waals surface area contributed by atoms with Crippen molar-refractivity contribution >= 4 is 21.4 Å². The Kier molecular flexibility index (Phi) is 4.50. The van der Waals surface area contributed by atoms with Crippen molar-refractivity contribution in [1.82, 2.24) is 0 Å². The van der Waals surface area contributed by atoms with Crippen LogP contribution in [0, 0.1) is 22.9 Å². The second-order valence-corrected chi connectivity index (χ2v) is 6.33. The van der Waals surface area contributed by atoms with E-state index in [1.807, 2.05) is 4.72 Å². The molecule has 0 aromatic heterocycles. The number of sulfonamides is 1. The van der Waals surface area contributed by atoms with Crippen molar-refractivity contribution in [3.63, 3.8) is 0 Å². The average Bonchev–Trinajstić information content (AvgIpc) is 2.50. The van der Waals surface area contributed by atoms with Gasteiger partial charge in [-0.1, -0.05) is 6.07 Å². The van der Waals surface area contributed by atoms with E-state index < -0.39 is 31.3 Å². The Morgan fingerprint density at radius 2 is 1.91 bits per heavy atom. The predicted molar refractivity (Wildman–Crippen MR) is 81.6 cm³/mol. The van der Waals surface area contributed by atoms with E-state index in [0.717, 1.165) is 18.2 Å². The number of benzene rings is 2. The Hall–Kier alpha value is -2.68. The largest absolute Gasteiger partial charge is 0.497 e. The number of hydrogen-bond donors (Lipinski definition) is 1. The molecule has 0 amide bonds. The Morgan fingerprint density at radius 3 is 2.52 bits per heavy atom. The second-order valence-electron chi connectivity index (χ2n) is 4.68. The van der Waals surface area contributed by atoms with Crippen LogP contribution in [-0.4, -0.2) is 20.5 Å². The molecule has 0 fully saturated rings. The number of nitrogens with zero attached hydrogens (tertiary/aromatic N) is 1. The topological polar surface area (TPSA) is 98.5 Å². The highest BCUT2D eigenvalue weighted by atomic mass is 32.2. The zero-order valence-electron chi connectivity index (χ0n) is 12.2. The van der Waals surface area contributed by atoms with Gasteiger partial charge in [0, 0.05) is 0 Å². The molecule has 0 aliphatic heterocycles. The summed E-state index contributed by atoms with van der Waals surface area (Å²) >= 11 is 0. The lowest BCUT2D eigenvalue weighted by atomic mass is 10.2. The lowest BCUT2D eigenvalue weighted by Gasteiger charge is -2.10. The molecular weight excluding hydrogens is 327 g/mol. The first kappa shape index (κ1) is 16.7. The Bertz CT molecular complexity index is 867. The van der Waals surface area contributed by atoms with E-state index in [4.69, 9.17) is 4.74 Å². The number of nitro benzene ring substituents is 1. The lowest BCUT2D eigenvalue weighted by molar-refractivity contribution is -0.387. The summed E-state index contributed by atoms with van der Waals surface area (Å²) in [5.41, 5.74) is -0.312. The van der Waals surface area contributed by atoms with Crippen LogP contribution in [0.4, 0.5) is 15.8 Å². The molecule has 122 valence electrons. The molecule has 0 unspecified atom stereocenters. The molecule has 0 saturated heterocycles. The minimum absolute atomic E-state index is 0.136. The molecule has 0 heterocycles. The predicted octanol–water partition coefficient (Wildman–Crippen LogP) is 2.85. The van der Waals surface area contributed by atoms with Gasteiger partial charge in [-0.15, -0.1) is 0 Å². The van der Waals surface area contributed by atoms with Crippen LogP contribution in [0.5, 0.6) is 5.75 Å². The van der Waals surface area contributed by atoms with Gasteiger partial charge in [0.2, 0.25) is 0 Å². The van der Waals surface area contributed by atoms with E-state index in [9.17, 15) is 22.9 Å². The van der Waals surface area contributed by atoms with Crippen molar-refractivity contribution in [3.8, 4) is 5.75 Å². The van der Waals surface area contributed by atoms with Crippen LogP contribution >= 0.6 is 0 Å². The summed E-state index contributed by atoms with van der Waals surface area (Å²) in [6, 6.07) is 7.17. The molecule has 0 aliphatic rings. The van der Waals surface area contributed by atoms with Crippen LogP contribution in [0.2, 0.25) is 0 Å². The van der Waals surface area contributed by atoms with Crippen molar-refractivity contribution < 1.29 is 22.5 Å². The fourth-order valence-corrected chi connectivity index (χ4v) is 3.12. The number of aryl methyl sites for hydroxylation is 1. The summed E-state index contributed by atoms with van der Waals surface area (Å²) in [6.45, 7) is 1.66. The van der Waals surface area contributed by atoms with Gasteiger partial charge in [-0.25, -0.2) is 12.8 Å². The average molecular weight is 340 g/mol. The molecule has 0 spiro atoms. The maximum Gasteiger partial charge on any atom is 0.293 e. The molecular formula is C14H13FN2O5S. The van der Waals surface area contributed by atoms with Gasteiger partial charge in [-0.2, -0.15) is 0 Å². The number of rotatable bonds is 5. The zero-order chi connectivity index (χ0) is 17.2. The molecule has 9 heteroatoms. The van der Waals surface area contributed by atoms with E-state index in [1.54, 1.807) is 6.92 Å². The first-order valence-corrected chi connectivity index (χ1v) is 7.84. The van der Waals surface area contributed by atoms with E-state index in [-0.39, 0.29) is 11.4 Å². The van der Waals surface area contributed by atoms with Crippen LogP contribution in [0.15, 0.2) is 41.3 Å². The number of nitrogens with one attached hydrogen (secondary N) is 1. The Labute approximate surface area is 131 Å². The molecule has 2 aromatic carbocycles. The van der Waals surface area contributed by atoms with Crippen LogP contribution in [-0.2, 0) is 10.0 Å². The third-order valence-electron chi connectivity index (χ3n) is 3.02. The first-order chi connectivity index (χ1) is 10.7. The van der Waals surface area contributed by atoms with E-state index >= 15 is 0 Å². The molecule has 0 radical (unpaired) electrons. The summed E-state index contributed by atoms with van der Waals surface area (Å²) in [6.07, 6.45) is 0. The summed E-state index contributed by atoms with van der Waals surface area (Å²) in [5.74, 6) is -0.646. The van der Waals surface area contributed by atoms with Crippen LogP contribution < -0.4 is 9.46 Å². The second kappa shape index (κ2) is 6.21. The standard InChI is InChI=1S/C14H13FN2O5S/c1-9-3-5-11(15)12(7-9)16-23(20,21)14-6-4-10(22-2)8-13(14)17(18)19/h3-8,16H,1-2H3. The molecule has 0 saturated carbocycles. The summed E-state index contributed by atoms with van der Waals surface area (Å²) in [7, 11) is -3.04. The maximum absolute atomic E-state index is 13.7. The summed E-state index contributed by atoms with van der Waals surface area (Å²) < 4.78 is 45.3. The minimum atomic E-state index is -4.34. The van der Waals surface area contributed by atoms with Gasteiger partial charge in [0.05, 0.1) is 23.8 Å². The smallest absolute Gasteiger partial charge is 0.293 e. The number of nitro groups is 1. The van der Waals surface area contributed by atoms with Gasteiger partial charge in [0.15, 0.2) is 4.90 Å². The van der Waals surface area contributed by atoms with Crippen molar-refractivity contribution in [3.05, 3.63) is 57.9 Å². The SMILES string of the molecule is COc1ccc(S(=O)(=O)Nc2cc(C)ccc2F)c([N+](=O)[O-])c1. The third-order valence-corrected chi connectivity index (χ3v) is 4.43. The van der Waals surface area contributed by atoms with Gasteiger partial charge in [-0.3, -0.25) is 14.8 Å². The van der Waals surface area contributed by atoms with E-state index in [1.165, 1.54) is 25.3 Å². The van der Waals surface area contributed by atoms with Gasteiger partial charge < -0.3 is 4.74 Å². The van der Waals surface area contributed by atoms with Crippen LogP contribution in [0.25, 0.3) is 0 Å². The van der Waals surface area contributed by atoms with Crippen LogP contribution in [0.3, 0.4) is 0 Å². The van der Waals surface area contributed by atoms with Crippen molar-refractivity contribution in [2.45, 2.75) is 11.8 Å². The fraction of sp³-hybridized carbons (Fsp3) is 0.143. The fourth-order valence-electron chi connectivity index (χ4n) is 1.91. The monoisotopic (exact) mass is 340 g/mol. The third kappa shape index (κ3) is 3.57. The van der Waals surface area contributed by atoms with Gasteiger partial charge in [0.1, 0.15) is 11.6 Å². The highest BCUT2D eigenvalue weighted by Crippen LogP contribution is 2.30. The van der Waals surface area contributed by atoms with Crippen molar-refractivity contribution in [2.24, 2.45) is 0 Å². The van der Waals surface area contributed by atoms with Gasteiger partial charge in [0.25, 0.3) is 15.7 Å². The quantitative estimate of drug-likeness (QED) is 0.666. The molecule has 0 aliphatic carbocycles. The zero-order valence-corrected chi connectivity index (χ0v) is 13.1. The van der Waals surface area contributed by atoms with Crippen molar-refractivity contribution in [2.75, 3.05) is 11.8 Å². The van der Waals surface area contributed by atoms with E-state index in [2.05, 4.69) is 0 Å². The number of anilines is 1. The molecule has 7 nitrogen and oxygen atoms in total. The number of methoxy groups -OCH3 is 1. The molecule has 0 bridgehead atoms. The maximum atomic E-state index is 13.7. The van der Waals surface area contributed by atoms with Gasteiger partial charge in [-0.05, 0) is 36.8 Å². The molecule has 2 rings (SSSR count). The number of ether oxygens (including phenoxy) is 1. The highest BCUT2D eigenvalue weighted by Gasteiger charge is 2.27. The Balaban J connectivity index is 2.51. The van der Waals surface area contributed by atoms with Crippen molar-refractivity contribution in [1.29, 1.82) is 0 Å². The van der Waals surface area contributed by atoms with E-state index in [0.29, 0.717) is 5.56 Å².